The molecule has 1 fully saturated rings. The molecule has 0 aromatic heterocycles. The second-order valence-electron chi connectivity index (χ2n) is 4.19. The van der Waals surface area contributed by atoms with E-state index >= 15 is 0 Å². The van der Waals surface area contributed by atoms with Crippen LogP contribution in [0.2, 0.25) is 0 Å². The molecule has 1 saturated carbocycles. The minimum absolute atomic E-state index is 0.355. The molecule has 0 amide bonds. The monoisotopic (exact) mass is 186 g/mol. The van der Waals surface area contributed by atoms with E-state index in [1.165, 1.54) is 18.4 Å². The summed E-state index contributed by atoms with van der Waals surface area (Å²) in [5, 5.41) is 8.76. The fourth-order valence-electron chi connectivity index (χ4n) is 1.81. The number of nitrogens with two attached hydrogens (primary N) is 1. The fraction of sp³-hybridized carbons (Fsp3) is 0.417. The number of rotatable bonds is 3. The number of benzene rings is 1. The van der Waals surface area contributed by atoms with Gasteiger partial charge in [0, 0.05) is 0 Å². The second kappa shape index (κ2) is 3.43. The van der Waals surface area contributed by atoms with Gasteiger partial charge in [-0.2, -0.15) is 5.26 Å². The Morgan fingerprint density at radius 2 is 2.21 bits per heavy atom. The van der Waals surface area contributed by atoms with Crippen molar-refractivity contribution in [2.45, 2.75) is 19.3 Å². The first-order chi connectivity index (χ1) is 6.78. The molecule has 2 rings (SSSR count). The van der Waals surface area contributed by atoms with E-state index < -0.39 is 0 Å². The van der Waals surface area contributed by atoms with Crippen molar-refractivity contribution in [2.24, 2.45) is 11.1 Å². The summed E-state index contributed by atoms with van der Waals surface area (Å²) < 4.78 is 0. The molecule has 2 nitrogen and oxygen atoms in total. The zero-order valence-electron chi connectivity index (χ0n) is 8.16. The van der Waals surface area contributed by atoms with Crippen LogP contribution < -0.4 is 5.73 Å². The van der Waals surface area contributed by atoms with Crippen LogP contribution >= 0.6 is 0 Å². The van der Waals surface area contributed by atoms with Gasteiger partial charge in [0.05, 0.1) is 11.6 Å². The summed E-state index contributed by atoms with van der Waals surface area (Å²) >= 11 is 0. The van der Waals surface area contributed by atoms with Crippen LogP contribution in [0.25, 0.3) is 0 Å². The van der Waals surface area contributed by atoms with Gasteiger partial charge in [-0.15, -0.1) is 0 Å². The fourth-order valence-corrected chi connectivity index (χ4v) is 1.81. The minimum atomic E-state index is 0.355. The molecule has 0 radical (unpaired) electrons. The molecular weight excluding hydrogens is 172 g/mol. The van der Waals surface area contributed by atoms with Crippen LogP contribution in [-0.4, -0.2) is 6.54 Å². The highest BCUT2D eigenvalue weighted by Crippen LogP contribution is 2.47. The normalized spacial score (nSPS) is 17.4. The van der Waals surface area contributed by atoms with Crippen LogP contribution in [0, 0.1) is 16.7 Å². The third kappa shape index (κ3) is 1.78. The molecule has 1 aromatic rings. The van der Waals surface area contributed by atoms with Crippen molar-refractivity contribution in [3.05, 3.63) is 35.4 Å². The van der Waals surface area contributed by atoms with Gasteiger partial charge in [-0.3, -0.25) is 0 Å². The zero-order valence-corrected chi connectivity index (χ0v) is 8.16. The van der Waals surface area contributed by atoms with Crippen LogP contribution in [0.3, 0.4) is 0 Å². The molecule has 0 bridgehead atoms. The van der Waals surface area contributed by atoms with Gasteiger partial charge in [0.1, 0.15) is 0 Å². The quantitative estimate of drug-likeness (QED) is 0.783. The van der Waals surface area contributed by atoms with Crippen molar-refractivity contribution >= 4 is 0 Å². The summed E-state index contributed by atoms with van der Waals surface area (Å²) in [7, 11) is 0. The Kier molecular flexibility index (Phi) is 2.26. The van der Waals surface area contributed by atoms with Crippen LogP contribution in [0.4, 0.5) is 0 Å². The van der Waals surface area contributed by atoms with E-state index in [0.29, 0.717) is 5.41 Å². The van der Waals surface area contributed by atoms with E-state index in [1.807, 2.05) is 18.2 Å². The maximum absolute atomic E-state index is 8.76. The molecule has 0 spiro atoms. The lowest BCUT2D eigenvalue weighted by Crippen LogP contribution is -2.17. The molecule has 2 heteroatoms. The Hall–Kier alpha value is -1.33. The van der Waals surface area contributed by atoms with Crippen LogP contribution in [-0.2, 0) is 6.42 Å². The third-order valence-electron chi connectivity index (χ3n) is 3.03. The lowest BCUT2D eigenvalue weighted by Gasteiger charge is -2.11. The maximum atomic E-state index is 8.76. The predicted molar refractivity (Wildman–Crippen MR) is 55.6 cm³/mol. The Morgan fingerprint density at radius 3 is 2.79 bits per heavy atom. The number of hydrogen-bond acceptors (Lipinski definition) is 2. The summed E-state index contributed by atoms with van der Waals surface area (Å²) in [4.78, 5) is 0. The Labute approximate surface area is 84.3 Å². The average molecular weight is 186 g/mol. The first kappa shape index (κ1) is 9.23. The van der Waals surface area contributed by atoms with Crippen molar-refractivity contribution in [1.29, 1.82) is 5.26 Å². The van der Waals surface area contributed by atoms with E-state index in [-0.39, 0.29) is 0 Å². The van der Waals surface area contributed by atoms with Crippen molar-refractivity contribution in [3.8, 4) is 6.07 Å². The van der Waals surface area contributed by atoms with Gasteiger partial charge in [-0.05, 0) is 48.9 Å². The Balaban J connectivity index is 2.14. The van der Waals surface area contributed by atoms with Crippen molar-refractivity contribution in [3.63, 3.8) is 0 Å². The lowest BCUT2D eigenvalue weighted by atomic mass is 9.96. The molecule has 0 unspecified atom stereocenters. The minimum Gasteiger partial charge on any atom is -0.330 e. The third-order valence-corrected chi connectivity index (χ3v) is 3.03. The van der Waals surface area contributed by atoms with Gasteiger partial charge >= 0.3 is 0 Å². The predicted octanol–water partition coefficient (Wildman–Crippen LogP) is 1.84. The molecule has 0 aliphatic heterocycles. The first-order valence-corrected chi connectivity index (χ1v) is 4.97. The van der Waals surface area contributed by atoms with Crippen molar-refractivity contribution < 1.29 is 0 Å². The molecule has 14 heavy (non-hydrogen) atoms. The van der Waals surface area contributed by atoms with Gasteiger partial charge in [0.2, 0.25) is 0 Å². The van der Waals surface area contributed by atoms with E-state index in [2.05, 4.69) is 12.1 Å². The molecule has 0 atom stereocenters. The first-order valence-electron chi connectivity index (χ1n) is 4.97. The Morgan fingerprint density at radius 1 is 1.43 bits per heavy atom. The van der Waals surface area contributed by atoms with E-state index in [9.17, 15) is 0 Å². The summed E-state index contributed by atoms with van der Waals surface area (Å²) in [6, 6.07) is 9.99. The standard InChI is InChI=1S/C12H14N2/c13-8-11-3-1-2-10(6-11)7-12(9-14)4-5-12/h1-3,6H,4-5,7,9,14H2. The van der Waals surface area contributed by atoms with Gasteiger partial charge in [0.15, 0.2) is 0 Å². The average Bonchev–Trinajstić information content (AvgIpc) is 2.99. The Bertz CT molecular complexity index is 372. The van der Waals surface area contributed by atoms with Gasteiger partial charge in [0.25, 0.3) is 0 Å². The molecule has 72 valence electrons. The summed E-state index contributed by atoms with van der Waals surface area (Å²) in [6.45, 7) is 0.768. The summed E-state index contributed by atoms with van der Waals surface area (Å²) in [5.41, 5.74) is 8.07. The topological polar surface area (TPSA) is 49.8 Å². The van der Waals surface area contributed by atoms with Gasteiger partial charge in [-0.1, -0.05) is 12.1 Å². The molecule has 0 saturated heterocycles. The molecular formula is C12H14N2. The summed E-state index contributed by atoms with van der Waals surface area (Å²) in [5.74, 6) is 0. The van der Waals surface area contributed by atoms with E-state index in [0.717, 1.165) is 18.5 Å². The highest BCUT2D eigenvalue weighted by atomic mass is 14.6. The molecule has 0 heterocycles. The van der Waals surface area contributed by atoms with Gasteiger partial charge < -0.3 is 5.73 Å². The maximum Gasteiger partial charge on any atom is 0.0991 e. The van der Waals surface area contributed by atoms with Crippen LogP contribution in [0.5, 0.6) is 0 Å². The largest absolute Gasteiger partial charge is 0.330 e. The molecule has 2 N–H and O–H groups in total. The highest BCUT2D eigenvalue weighted by molar-refractivity contribution is 5.33. The lowest BCUT2D eigenvalue weighted by molar-refractivity contribution is 0.521. The van der Waals surface area contributed by atoms with Gasteiger partial charge in [-0.25, -0.2) is 0 Å². The van der Waals surface area contributed by atoms with Crippen LogP contribution in [0.15, 0.2) is 24.3 Å². The summed E-state index contributed by atoms with van der Waals surface area (Å²) in [6.07, 6.45) is 3.50. The smallest absolute Gasteiger partial charge is 0.0991 e. The van der Waals surface area contributed by atoms with Crippen molar-refractivity contribution in [1.82, 2.24) is 0 Å². The second-order valence-corrected chi connectivity index (χ2v) is 4.19. The molecule has 1 aliphatic rings. The van der Waals surface area contributed by atoms with E-state index in [4.69, 9.17) is 11.0 Å². The number of nitriles is 1. The number of nitrogens with zero attached hydrogens (tertiary/aromatic N) is 1. The highest BCUT2D eigenvalue weighted by Gasteiger charge is 2.40. The van der Waals surface area contributed by atoms with E-state index in [1.54, 1.807) is 0 Å². The molecule has 1 aliphatic carbocycles. The molecule has 1 aromatic carbocycles. The van der Waals surface area contributed by atoms with Crippen molar-refractivity contribution in [2.75, 3.05) is 6.54 Å². The zero-order chi connectivity index (χ0) is 10.0. The van der Waals surface area contributed by atoms with Crippen LogP contribution in [0.1, 0.15) is 24.0 Å². The number of hydrogen-bond donors (Lipinski definition) is 1. The SMILES string of the molecule is N#Cc1cccc(CC2(CN)CC2)c1.